The number of allylic oxidation sites excluding steroid dienone is 2. The summed E-state index contributed by atoms with van der Waals surface area (Å²) in [6, 6.07) is 24.9. The molecule has 1 atom stereocenters. The van der Waals surface area contributed by atoms with E-state index in [0.29, 0.717) is 0 Å². The van der Waals surface area contributed by atoms with Crippen LogP contribution in [-0.2, 0) is 6.42 Å². The molecule has 0 amide bonds. The van der Waals surface area contributed by atoms with Crippen molar-refractivity contribution in [2.75, 3.05) is 0 Å². The van der Waals surface area contributed by atoms with Crippen LogP contribution in [0.3, 0.4) is 0 Å². The Kier molecular flexibility index (Phi) is 7.18. The predicted octanol–water partition coefficient (Wildman–Crippen LogP) is 11.0. The van der Waals surface area contributed by atoms with Gasteiger partial charge in [0.15, 0.2) is 0 Å². The second kappa shape index (κ2) is 10.5. The van der Waals surface area contributed by atoms with Gasteiger partial charge in [0.2, 0.25) is 0 Å². The second-order valence-corrected chi connectivity index (χ2v) is 12.1. The summed E-state index contributed by atoms with van der Waals surface area (Å²) in [6.07, 6.45) is 10.1. The Balaban J connectivity index is 1.27. The van der Waals surface area contributed by atoms with Gasteiger partial charge in [-0.1, -0.05) is 86.0 Å². The topological polar surface area (TPSA) is 0 Å². The summed E-state index contributed by atoms with van der Waals surface area (Å²) in [4.78, 5) is 0. The molecule has 0 nitrogen and oxygen atoms in total. The first-order valence-corrected chi connectivity index (χ1v) is 14.3. The van der Waals surface area contributed by atoms with Crippen LogP contribution in [-0.4, -0.2) is 0 Å². The Morgan fingerprint density at radius 1 is 0.765 bits per heavy atom. The Morgan fingerprint density at radius 2 is 1.47 bits per heavy atom. The molecule has 5 aromatic rings. The molecule has 0 radical (unpaired) electrons. The maximum absolute atomic E-state index is 2.45. The maximum Gasteiger partial charge on any atom is 0.0542 e. The van der Waals surface area contributed by atoms with Gasteiger partial charge in [-0.3, -0.25) is 0 Å². The van der Waals surface area contributed by atoms with Gasteiger partial charge in [-0.15, -0.1) is 22.7 Å². The van der Waals surface area contributed by atoms with Gasteiger partial charge in [0.05, 0.1) is 9.40 Å². The highest BCUT2D eigenvalue weighted by Crippen LogP contribution is 2.45. The molecule has 34 heavy (non-hydrogen) atoms. The van der Waals surface area contributed by atoms with Crippen LogP contribution in [0.5, 0.6) is 0 Å². The fraction of sp³-hybridized carbons (Fsp3) is 0.312. The minimum absolute atomic E-state index is 0.831. The van der Waals surface area contributed by atoms with Gasteiger partial charge in [-0.2, -0.15) is 0 Å². The number of fused-ring (bicyclic) bond motifs is 5. The van der Waals surface area contributed by atoms with Crippen LogP contribution < -0.4 is 0 Å². The van der Waals surface area contributed by atoms with Crippen LogP contribution >= 0.6 is 22.7 Å². The van der Waals surface area contributed by atoms with Crippen LogP contribution in [0.4, 0.5) is 0 Å². The van der Waals surface area contributed by atoms with Crippen molar-refractivity contribution in [3.05, 3.63) is 83.9 Å². The van der Waals surface area contributed by atoms with Gasteiger partial charge >= 0.3 is 0 Å². The predicted molar refractivity (Wildman–Crippen MR) is 156 cm³/mol. The number of unbranched alkanes of at least 4 members (excludes halogenated alkanes) is 1. The molecule has 0 spiro atoms. The summed E-state index contributed by atoms with van der Waals surface area (Å²) in [5.74, 6) is 0.831. The second-order valence-electron chi connectivity index (χ2n) is 9.98. The molecule has 0 N–H and O–H groups in total. The lowest BCUT2D eigenvalue weighted by molar-refractivity contribution is 0.469. The highest BCUT2D eigenvalue weighted by atomic mass is 32.1. The fourth-order valence-corrected chi connectivity index (χ4v) is 7.65. The number of hydrogen-bond acceptors (Lipinski definition) is 2. The van der Waals surface area contributed by atoms with Gasteiger partial charge in [0.25, 0.3) is 0 Å². The van der Waals surface area contributed by atoms with Crippen LogP contribution in [0, 0.1) is 5.92 Å². The summed E-state index contributed by atoms with van der Waals surface area (Å²) < 4.78 is 5.75. The molecule has 0 aliphatic carbocycles. The normalized spacial score (nSPS) is 12.6. The largest absolute Gasteiger partial charge is 0.134 e. The monoisotopic (exact) mass is 482 g/mol. The van der Waals surface area contributed by atoms with Crippen molar-refractivity contribution in [1.29, 1.82) is 0 Å². The van der Waals surface area contributed by atoms with Crippen molar-refractivity contribution >= 4 is 52.2 Å². The quantitative estimate of drug-likeness (QED) is 0.145. The average Bonchev–Trinajstić information content (AvgIpc) is 3.37. The fourth-order valence-electron chi connectivity index (χ4n) is 4.89. The number of rotatable bonds is 9. The lowest BCUT2D eigenvalue weighted by Gasteiger charge is -2.10. The lowest BCUT2D eigenvalue weighted by atomic mass is 9.96. The van der Waals surface area contributed by atoms with Crippen molar-refractivity contribution in [3.8, 4) is 11.1 Å². The van der Waals surface area contributed by atoms with E-state index in [9.17, 15) is 0 Å². The first-order chi connectivity index (χ1) is 16.6. The van der Waals surface area contributed by atoms with Crippen molar-refractivity contribution in [3.63, 3.8) is 0 Å². The van der Waals surface area contributed by atoms with Crippen molar-refractivity contribution < 1.29 is 0 Å². The molecule has 0 aliphatic rings. The number of benzene rings is 3. The Hall–Kier alpha value is -2.42. The van der Waals surface area contributed by atoms with Crippen molar-refractivity contribution in [2.45, 2.75) is 59.3 Å². The van der Waals surface area contributed by atoms with Gasteiger partial charge in [-0.25, -0.2) is 0 Å². The minimum Gasteiger partial charge on any atom is -0.134 e. The molecule has 0 bridgehead atoms. The minimum atomic E-state index is 0.831. The van der Waals surface area contributed by atoms with Crippen LogP contribution in [0.25, 0.3) is 40.7 Å². The Labute approximate surface area is 212 Å². The first kappa shape index (κ1) is 23.3. The standard InChI is InChI=1S/C32H34S2/c1-22(2)10-9-12-23(3)11-7-8-13-24-16-18-27-29(20-24)33-32-28-19-17-26(21-30(28)34-31(27)32)25-14-5-4-6-15-25/h4-6,10,14-21,23H,7-9,11-13H2,1-3H3/t23-/m1/s1. The summed E-state index contributed by atoms with van der Waals surface area (Å²) in [5, 5.41) is 2.84. The number of hydrogen-bond donors (Lipinski definition) is 0. The highest BCUT2D eigenvalue weighted by Gasteiger charge is 2.13. The van der Waals surface area contributed by atoms with E-state index in [2.05, 4.69) is 93.6 Å². The van der Waals surface area contributed by atoms with E-state index >= 15 is 0 Å². The summed E-state index contributed by atoms with van der Waals surface area (Å²) in [6.45, 7) is 6.81. The molecule has 0 aliphatic heterocycles. The average molecular weight is 483 g/mol. The molecule has 0 fully saturated rings. The van der Waals surface area contributed by atoms with Gasteiger partial charge in [0, 0.05) is 20.2 Å². The third kappa shape index (κ3) is 5.14. The molecule has 2 aromatic heterocycles. The Bertz CT molecular complexity index is 1430. The zero-order valence-corrected chi connectivity index (χ0v) is 22.2. The highest BCUT2D eigenvalue weighted by molar-refractivity contribution is 7.36. The van der Waals surface area contributed by atoms with E-state index < -0.39 is 0 Å². The molecule has 0 unspecified atom stereocenters. The van der Waals surface area contributed by atoms with E-state index in [4.69, 9.17) is 0 Å². The third-order valence-electron chi connectivity index (χ3n) is 6.88. The van der Waals surface area contributed by atoms with Gasteiger partial charge in [0.1, 0.15) is 0 Å². The lowest BCUT2D eigenvalue weighted by Crippen LogP contribution is -1.95. The van der Waals surface area contributed by atoms with E-state index in [1.54, 1.807) is 0 Å². The molecule has 3 aromatic carbocycles. The molecule has 0 saturated carbocycles. The van der Waals surface area contributed by atoms with Gasteiger partial charge < -0.3 is 0 Å². The van der Waals surface area contributed by atoms with E-state index in [1.807, 2.05) is 22.7 Å². The van der Waals surface area contributed by atoms with Crippen LogP contribution in [0.2, 0.25) is 0 Å². The Morgan fingerprint density at radius 3 is 2.21 bits per heavy atom. The molecule has 2 heteroatoms. The molecule has 0 saturated heterocycles. The van der Waals surface area contributed by atoms with Crippen LogP contribution in [0.1, 0.15) is 58.4 Å². The molecule has 5 rings (SSSR count). The van der Waals surface area contributed by atoms with E-state index in [0.717, 1.165) is 5.92 Å². The van der Waals surface area contributed by atoms with E-state index in [1.165, 1.54) is 90.4 Å². The van der Waals surface area contributed by atoms with Crippen molar-refractivity contribution in [2.24, 2.45) is 5.92 Å². The smallest absolute Gasteiger partial charge is 0.0542 e. The summed E-state index contributed by atoms with van der Waals surface area (Å²) >= 11 is 3.93. The summed E-state index contributed by atoms with van der Waals surface area (Å²) in [5.41, 5.74) is 5.54. The molecule has 174 valence electrons. The van der Waals surface area contributed by atoms with E-state index in [-0.39, 0.29) is 0 Å². The molecular weight excluding hydrogens is 448 g/mol. The molecule has 2 heterocycles. The number of aryl methyl sites for hydroxylation is 1. The van der Waals surface area contributed by atoms with Gasteiger partial charge in [-0.05, 0) is 74.3 Å². The summed E-state index contributed by atoms with van der Waals surface area (Å²) in [7, 11) is 0. The zero-order valence-electron chi connectivity index (χ0n) is 20.6. The molecular formula is C32H34S2. The zero-order chi connectivity index (χ0) is 23.5. The van der Waals surface area contributed by atoms with Crippen LogP contribution in [0.15, 0.2) is 78.4 Å². The maximum atomic E-state index is 2.45. The van der Waals surface area contributed by atoms with Crippen molar-refractivity contribution in [1.82, 2.24) is 0 Å². The number of thiophene rings is 2. The first-order valence-electron chi connectivity index (χ1n) is 12.6. The third-order valence-corrected chi connectivity index (χ3v) is 9.38. The SMILES string of the molecule is CC(C)=CCC[C@H](C)CCCCc1ccc2c(c1)sc1c3ccc(-c4ccccc4)cc3sc21.